The van der Waals surface area contributed by atoms with Crippen LogP contribution in [0.15, 0.2) is 30.3 Å². The molecule has 0 aliphatic carbocycles. The Balaban J connectivity index is 1.80. The molecule has 3 atom stereocenters. The highest BCUT2D eigenvalue weighted by molar-refractivity contribution is 9.09. The first-order valence-corrected chi connectivity index (χ1v) is 13.6. The summed E-state index contributed by atoms with van der Waals surface area (Å²) in [6, 6.07) is 5.07. The van der Waals surface area contributed by atoms with E-state index in [4.69, 9.17) is 4.74 Å². The molecule has 2 aliphatic rings. The summed E-state index contributed by atoms with van der Waals surface area (Å²) in [5.41, 5.74) is -0.413. The van der Waals surface area contributed by atoms with E-state index in [0.29, 0.717) is 12.0 Å². The summed E-state index contributed by atoms with van der Waals surface area (Å²) in [5.74, 6) is -3.17. The second-order valence-electron chi connectivity index (χ2n) is 10.2. The van der Waals surface area contributed by atoms with E-state index in [0.717, 1.165) is 5.01 Å². The molecule has 2 aliphatic heterocycles. The van der Waals surface area contributed by atoms with Crippen LogP contribution in [0.3, 0.4) is 0 Å². The van der Waals surface area contributed by atoms with Gasteiger partial charge in [0, 0.05) is 18.5 Å². The molecule has 1 aromatic carbocycles. The van der Waals surface area contributed by atoms with Crippen molar-refractivity contribution in [3.63, 3.8) is 0 Å². The highest BCUT2D eigenvalue weighted by Gasteiger charge is 2.45. The molecule has 12 heteroatoms. The first-order chi connectivity index (χ1) is 17.9. The number of carbonyl (C=O) groups is 6. The first kappa shape index (κ1) is 29.3. The number of nitrogens with zero attached hydrogens (tertiary/aromatic N) is 2. The van der Waals surface area contributed by atoms with Gasteiger partial charge in [-0.15, -0.1) is 0 Å². The number of hydrogen-bond acceptors (Lipinski definition) is 7. The van der Waals surface area contributed by atoms with Gasteiger partial charge in [-0.3, -0.25) is 33.8 Å². The minimum atomic E-state index is -1.18. The number of amides is 4. The van der Waals surface area contributed by atoms with Crippen molar-refractivity contribution in [2.24, 2.45) is 0 Å². The lowest BCUT2D eigenvalue weighted by Gasteiger charge is -2.43. The Morgan fingerprint density at radius 2 is 1.79 bits per heavy atom. The van der Waals surface area contributed by atoms with Gasteiger partial charge in [0.15, 0.2) is 5.78 Å². The molecule has 0 radical (unpaired) electrons. The number of carbonyl (C=O) groups excluding carboxylic acids is 6. The second kappa shape index (κ2) is 12.5. The Morgan fingerprint density at radius 1 is 1.11 bits per heavy atom. The van der Waals surface area contributed by atoms with Crippen molar-refractivity contribution in [1.82, 2.24) is 20.7 Å². The largest absolute Gasteiger partial charge is 0.460 e. The topological polar surface area (TPSA) is 142 Å². The van der Waals surface area contributed by atoms with Crippen molar-refractivity contribution in [2.75, 3.05) is 11.9 Å². The van der Waals surface area contributed by atoms with Gasteiger partial charge >= 0.3 is 5.97 Å². The van der Waals surface area contributed by atoms with E-state index in [9.17, 15) is 28.8 Å². The first-order valence-electron chi connectivity index (χ1n) is 12.5. The van der Waals surface area contributed by atoms with Crippen molar-refractivity contribution in [3.05, 3.63) is 35.9 Å². The fraction of sp³-hybridized carbons (Fsp3) is 0.538. The van der Waals surface area contributed by atoms with Crippen LogP contribution in [0.2, 0.25) is 0 Å². The van der Waals surface area contributed by atoms with Crippen LogP contribution < -0.4 is 10.6 Å². The number of nitrogens with one attached hydrogen (secondary N) is 2. The number of Topliss-reactive ketones (excluding diaryl/α,β-unsaturated/α-hetero) is 1. The number of hydrogen-bond donors (Lipinski definition) is 2. The van der Waals surface area contributed by atoms with Crippen molar-refractivity contribution in [3.8, 4) is 0 Å². The lowest BCUT2D eigenvalue weighted by molar-refractivity contribution is -0.176. The third-order valence-corrected chi connectivity index (χ3v) is 6.69. The predicted molar refractivity (Wildman–Crippen MR) is 140 cm³/mol. The van der Waals surface area contributed by atoms with Gasteiger partial charge in [-0.1, -0.05) is 34.1 Å². The lowest BCUT2D eigenvalue weighted by atomic mass is 10.0. The Morgan fingerprint density at radius 3 is 2.42 bits per heavy atom. The zero-order chi connectivity index (χ0) is 28.0. The molecule has 1 aromatic rings. The number of alkyl halides is 1. The van der Waals surface area contributed by atoms with E-state index in [1.165, 1.54) is 5.01 Å². The molecule has 0 spiro atoms. The summed E-state index contributed by atoms with van der Waals surface area (Å²) in [6.07, 6.45) is 0.410. The van der Waals surface area contributed by atoms with Gasteiger partial charge in [0.05, 0.1) is 17.8 Å². The second-order valence-corrected chi connectivity index (χ2v) is 10.8. The molecule has 2 fully saturated rings. The van der Waals surface area contributed by atoms with Crippen molar-refractivity contribution < 1.29 is 33.5 Å². The number of benzene rings is 1. The van der Waals surface area contributed by atoms with Gasteiger partial charge < -0.3 is 15.4 Å². The number of fused-ring (bicyclic) bond motifs is 1. The monoisotopic (exact) mass is 592 g/mol. The highest BCUT2D eigenvalue weighted by atomic mass is 79.9. The molecule has 0 aromatic heterocycles. The molecule has 0 unspecified atom stereocenters. The van der Waals surface area contributed by atoms with Crippen LogP contribution in [-0.2, 0) is 28.7 Å². The van der Waals surface area contributed by atoms with Crippen LogP contribution >= 0.6 is 15.9 Å². The highest BCUT2D eigenvalue weighted by Crippen LogP contribution is 2.25. The molecule has 2 saturated heterocycles. The van der Waals surface area contributed by atoms with Crippen LogP contribution in [0.5, 0.6) is 0 Å². The fourth-order valence-electron chi connectivity index (χ4n) is 4.39. The molecule has 206 valence electrons. The number of ketones is 1. The van der Waals surface area contributed by atoms with Gasteiger partial charge in [0.1, 0.15) is 17.7 Å². The van der Waals surface area contributed by atoms with E-state index < -0.39 is 53.2 Å². The predicted octanol–water partition coefficient (Wildman–Crippen LogP) is 1.49. The number of esters is 1. The van der Waals surface area contributed by atoms with E-state index in [-0.39, 0.29) is 43.5 Å². The van der Waals surface area contributed by atoms with Gasteiger partial charge in [0.2, 0.25) is 11.8 Å². The Bertz CT molecular complexity index is 1090. The van der Waals surface area contributed by atoms with E-state index in [1.54, 1.807) is 51.1 Å². The summed E-state index contributed by atoms with van der Waals surface area (Å²) in [7, 11) is 0. The quantitative estimate of drug-likeness (QED) is 0.344. The number of ether oxygens (including phenoxy) is 1. The molecular weight excluding hydrogens is 560 g/mol. The maximum atomic E-state index is 13.6. The number of hydrazine groups is 1. The molecule has 0 saturated carbocycles. The number of rotatable bonds is 8. The molecular formula is C26H33BrN4O7. The number of halogens is 1. The van der Waals surface area contributed by atoms with Crippen LogP contribution in [0, 0.1) is 0 Å². The van der Waals surface area contributed by atoms with Gasteiger partial charge in [-0.2, -0.15) is 0 Å². The van der Waals surface area contributed by atoms with Crippen molar-refractivity contribution in [2.45, 2.75) is 76.6 Å². The summed E-state index contributed by atoms with van der Waals surface area (Å²) >= 11 is 3.08. The van der Waals surface area contributed by atoms with Crippen LogP contribution in [0.4, 0.5) is 0 Å². The Kier molecular flexibility index (Phi) is 9.64. The Labute approximate surface area is 229 Å². The third-order valence-electron chi connectivity index (χ3n) is 6.13. The smallest absolute Gasteiger partial charge is 0.308 e. The maximum absolute atomic E-state index is 13.6. The lowest BCUT2D eigenvalue weighted by Crippen LogP contribution is -2.64. The van der Waals surface area contributed by atoms with E-state index >= 15 is 0 Å². The minimum Gasteiger partial charge on any atom is -0.460 e. The van der Waals surface area contributed by atoms with Gasteiger partial charge in [-0.05, 0) is 52.2 Å². The average Bonchev–Trinajstić information content (AvgIpc) is 2.99. The molecule has 2 heterocycles. The summed E-state index contributed by atoms with van der Waals surface area (Å²) in [5, 5.41) is 7.53. The van der Waals surface area contributed by atoms with Crippen LogP contribution in [0.25, 0.3) is 0 Å². The molecule has 2 N–H and O–H groups in total. The maximum Gasteiger partial charge on any atom is 0.308 e. The van der Waals surface area contributed by atoms with Gasteiger partial charge in [-0.25, -0.2) is 5.01 Å². The fourth-order valence-corrected chi connectivity index (χ4v) is 4.78. The molecule has 4 amide bonds. The summed E-state index contributed by atoms with van der Waals surface area (Å²) < 4.78 is 5.30. The van der Waals surface area contributed by atoms with Crippen molar-refractivity contribution >= 4 is 51.3 Å². The minimum absolute atomic E-state index is 0.0135. The van der Waals surface area contributed by atoms with E-state index in [2.05, 4.69) is 26.6 Å². The van der Waals surface area contributed by atoms with Crippen LogP contribution in [0.1, 0.15) is 63.2 Å². The molecule has 0 bridgehead atoms. The van der Waals surface area contributed by atoms with E-state index in [1.807, 2.05) is 0 Å². The van der Waals surface area contributed by atoms with Crippen LogP contribution in [-0.4, -0.2) is 81.0 Å². The molecule has 38 heavy (non-hydrogen) atoms. The zero-order valence-electron chi connectivity index (χ0n) is 21.7. The van der Waals surface area contributed by atoms with Gasteiger partial charge in [0.25, 0.3) is 11.8 Å². The third kappa shape index (κ3) is 7.40. The van der Waals surface area contributed by atoms with Crippen molar-refractivity contribution in [1.29, 1.82) is 0 Å². The Hall–Kier alpha value is -3.28. The standard InChI is InChI=1S/C26H33BrN4O7/c1-26(2,3)38-22(34)14-18(20(32)15-27)29-24(36)19-10-7-13-30-21(33)12-11-17(25(37)31(19)30)28-23(35)16-8-5-4-6-9-16/h4-6,8-9,17-19H,7,10-15H2,1-3H3,(H,28,35)(H,29,36)/t17-,18-,19-/m0/s1. The summed E-state index contributed by atoms with van der Waals surface area (Å²) in [6.45, 7) is 5.32. The zero-order valence-corrected chi connectivity index (χ0v) is 23.3. The molecule has 3 rings (SSSR count). The average molecular weight is 593 g/mol. The SMILES string of the molecule is CC(C)(C)OC(=O)C[C@H](NC(=O)[C@@H]1CCCN2C(=O)CC[C@H](NC(=O)c3ccccc3)C(=O)N12)C(=O)CBr. The normalized spacial score (nSPS) is 20.6. The molecule has 11 nitrogen and oxygen atoms in total. The summed E-state index contributed by atoms with van der Waals surface area (Å²) in [4.78, 5) is 77.6.